The molecule has 0 saturated carbocycles. The molecule has 74 heavy (non-hydrogen) atoms. The lowest BCUT2D eigenvalue weighted by Gasteiger charge is -2.31. The minimum absolute atomic E-state index is 0.0405. The zero-order valence-electron chi connectivity index (χ0n) is 42.8. The summed E-state index contributed by atoms with van der Waals surface area (Å²) in [5.74, 6) is 0. The highest BCUT2D eigenvalue weighted by Gasteiger charge is 2.39. The standard InChI is InChI=1S/C73H55N/c1-71(2)66-30-18-15-26-55(66)63-39-44(31-37-67(63)71)59-42-61-51-23-10-9-22-50(51)60(43-62(61)49-21-8-7-20-48(49)59)52-36-38-70(58-27-12-11-19-47(52)58)74(45-32-34-56-53-24-13-16-28-64(53)72(3,4)68(56)40-45)46-33-35-57-54-25-14-17-29-65(54)73(5,6)69(57)41-46/h7-43H,1-6H3. The summed E-state index contributed by atoms with van der Waals surface area (Å²) in [6.07, 6.45) is 0. The first-order valence-corrected chi connectivity index (χ1v) is 26.4. The summed E-state index contributed by atoms with van der Waals surface area (Å²) >= 11 is 0. The third kappa shape index (κ3) is 5.87. The van der Waals surface area contributed by atoms with Gasteiger partial charge in [-0.15, -0.1) is 0 Å². The molecule has 12 aromatic rings. The molecule has 1 heteroatoms. The van der Waals surface area contributed by atoms with Crippen LogP contribution in [0.3, 0.4) is 0 Å². The average Bonchev–Trinajstić information content (AvgIpc) is 3.94. The van der Waals surface area contributed by atoms with Crippen LogP contribution in [0.1, 0.15) is 74.9 Å². The molecule has 12 aromatic carbocycles. The molecule has 0 aliphatic heterocycles. The molecule has 0 bridgehead atoms. The third-order valence-electron chi connectivity index (χ3n) is 17.9. The number of hydrogen-bond acceptors (Lipinski definition) is 1. The average molecular weight is 946 g/mol. The molecule has 0 aromatic heterocycles. The Balaban J connectivity index is 0.936. The van der Waals surface area contributed by atoms with E-state index in [1.165, 1.54) is 132 Å². The van der Waals surface area contributed by atoms with Crippen molar-refractivity contribution in [2.75, 3.05) is 4.90 Å². The minimum Gasteiger partial charge on any atom is -0.310 e. The first-order valence-electron chi connectivity index (χ1n) is 26.4. The van der Waals surface area contributed by atoms with Gasteiger partial charge >= 0.3 is 0 Å². The highest BCUT2D eigenvalue weighted by molar-refractivity contribution is 6.25. The highest BCUT2D eigenvalue weighted by Crippen LogP contribution is 2.55. The fourth-order valence-corrected chi connectivity index (χ4v) is 14.1. The van der Waals surface area contributed by atoms with Crippen molar-refractivity contribution >= 4 is 60.2 Å². The molecule has 0 unspecified atom stereocenters. The van der Waals surface area contributed by atoms with Crippen molar-refractivity contribution < 1.29 is 0 Å². The second kappa shape index (κ2) is 15.3. The highest BCUT2D eigenvalue weighted by atomic mass is 15.1. The van der Waals surface area contributed by atoms with Gasteiger partial charge in [-0.3, -0.25) is 0 Å². The van der Waals surface area contributed by atoms with Crippen molar-refractivity contribution in [3.63, 3.8) is 0 Å². The first kappa shape index (κ1) is 43.1. The molecule has 0 amide bonds. The monoisotopic (exact) mass is 945 g/mol. The van der Waals surface area contributed by atoms with E-state index >= 15 is 0 Å². The number of benzene rings is 12. The van der Waals surface area contributed by atoms with E-state index in [-0.39, 0.29) is 16.2 Å². The van der Waals surface area contributed by atoms with Gasteiger partial charge in [-0.25, -0.2) is 0 Å². The van der Waals surface area contributed by atoms with E-state index in [1.807, 2.05) is 0 Å². The van der Waals surface area contributed by atoms with Crippen LogP contribution >= 0.6 is 0 Å². The predicted molar refractivity (Wildman–Crippen MR) is 315 cm³/mol. The molecule has 3 aliphatic carbocycles. The normalized spacial score (nSPS) is 14.9. The largest absolute Gasteiger partial charge is 0.310 e. The lowest BCUT2D eigenvalue weighted by Crippen LogP contribution is -2.18. The number of anilines is 3. The van der Waals surface area contributed by atoms with Gasteiger partial charge in [0.25, 0.3) is 0 Å². The summed E-state index contributed by atoms with van der Waals surface area (Å²) in [5, 5.41) is 10.0. The van der Waals surface area contributed by atoms with Crippen LogP contribution in [0.2, 0.25) is 0 Å². The Kier molecular flexibility index (Phi) is 8.89. The lowest BCUT2D eigenvalue weighted by molar-refractivity contribution is 0.660. The molecule has 0 heterocycles. The van der Waals surface area contributed by atoms with Gasteiger partial charge in [-0.05, 0) is 175 Å². The van der Waals surface area contributed by atoms with E-state index in [9.17, 15) is 0 Å². The Hall–Kier alpha value is -8.52. The first-order chi connectivity index (χ1) is 36.0. The van der Waals surface area contributed by atoms with E-state index in [2.05, 4.69) is 271 Å². The van der Waals surface area contributed by atoms with Crippen molar-refractivity contribution in [3.05, 3.63) is 258 Å². The molecule has 0 N–H and O–H groups in total. The number of rotatable bonds is 5. The summed E-state index contributed by atoms with van der Waals surface area (Å²) in [6.45, 7) is 14.3. The van der Waals surface area contributed by atoms with E-state index in [1.54, 1.807) is 0 Å². The maximum Gasteiger partial charge on any atom is 0.0540 e. The summed E-state index contributed by atoms with van der Waals surface area (Å²) < 4.78 is 0. The molecule has 15 rings (SSSR count). The maximum absolute atomic E-state index is 2.54. The summed E-state index contributed by atoms with van der Waals surface area (Å²) in [4.78, 5) is 2.54. The van der Waals surface area contributed by atoms with Crippen LogP contribution in [0.5, 0.6) is 0 Å². The van der Waals surface area contributed by atoms with Crippen LogP contribution in [-0.4, -0.2) is 0 Å². The molecule has 0 saturated heterocycles. The van der Waals surface area contributed by atoms with Gasteiger partial charge in [0.1, 0.15) is 0 Å². The van der Waals surface area contributed by atoms with Gasteiger partial charge in [0.05, 0.1) is 5.69 Å². The fourth-order valence-electron chi connectivity index (χ4n) is 14.1. The van der Waals surface area contributed by atoms with Gasteiger partial charge in [0, 0.05) is 33.0 Å². The Morgan fingerprint density at radius 2 is 0.608 bits per heavy atom. The predicted octanol–water partition coefficient (Wildman–Crippen LogP) is 20.0. The Bertz CT molecular complexity index is 4300. The molecular weight excluding hydrogens is 891 g/mol. The molecular formula is C73H55N. The molecule has 352 valence electrons. The maximum atomic E-state index is 2.54. The van der Waals surface area contributed by atoms with Gasteiger partial charge in [0.15, 0.2) is 0 Å². The van der Waals surface area contributed by atoms with Gasteiger partial charge in [-0.2, -0.15) is 0 Å². The van der Waals surface area contributed by atoms with Crippen LogP contribution in [0, 0.1) is 0 Å². The zero-order chi connectivity index (χ0) is 49.8. The fraction of sp³-hybridized carbons (Fsp3) is 0.123. The van der Waals surface area contributed by atoms with Crippen LogP contribution in [0.4, 0.5) is 17.1 Å². The number of hydrogen-bond donors (Lipinski definition) is 0. The minimum atomic E-state index is -0.145. The van der Waals surface area contributed by atoms with Crippen LogP contribution in [-0.2, 0) is 16.2 Å². The molecule has 1 nitrogen and oxygen atoms in total. The van der Waals surface area contributed by atoms with Crippen LogP contribution in [0.25, 0.3) is 98.7 Å². The van der Waals surface area contributed by atoms with E-state index < -0.39 is 0 Å². The summed E-state index contributed by atoms with van der Waals surface area (Å²) in [7, 11) is 0. The summed E-state index contributed by atoms with van der Waals surface area (Å²) in [5.41, 5.74) is 24.4. The van der Waals surface area contributed by atoms with E-state index in [0.29, 0.717) is 0 Å². The molecule has 3 aliphatic rings. The van der Waals surface area contributed by atoms with Crippen LogP contribution < -0.4 is 4.90 Å². The SMILES string of the molecule is CC1(C)c2ccccc2-c2cc(-c3cc4c5ccccc5c(-c5ccc(N(c6ccc7c(c6)C(C)(C)c6ccccc6-7)c6ccc7c(c6)C(C)(C)c6ccccc6-7)c6ccccc56)cc4c4ccccc34)ccc21. The van der Waals surface area contributed by atoms with Crippen molar-refractivity contribution in [2.45, 2.75) is 57.8 Å². The Labute approximate surface area is 434 Å². The quantitative estimate of drug-likeness (QED) is 0.155. The number of fused-ring (bicyclic) bond motifs is 15. The molecule has 0 atom stereocenters. The summed E-state index contributed by atoms with van der Waals surface area (Å²) in [6, 6.07) is 85.5. The lowest BCUT2D eigenvalue weighted by atomic mass is 9.82. The molecule has 0 spiro atoms. The third-order valence-corrected chi connectivity index (χ3v) is 17.9. The second-order valence-electron chi connectivity index (χ2n) is 22.8. The van der Waals surface area contributed by atoms with Crippen molar-refractivity contribution in [1.82, 2.24) is 0 Å². The molecule has 0 fully saturated rings. The van der Waals surface area contributed by atoms with Crippen LogP contribution in [0.15, 0.2) is 224 Å². The van der Waals surface area contributed by atoms with Crippen molar-refractivity contribution in [3.8, 4) is 55.6 Å². The van der Waals surface area contributed by atoms with E-state index in [4.69, 9.17) is 0 Å². The second-order valence-corrected chi connectivity index (χ2v) is 22.8. The van der Waals surface area contributed by atoms with Crippen molar-refractivity contribution in [2.24, 2.45) is 0 Å². The molecule has 0 radical (unpaired) electrons. The Morgan fingerprint density at radius 3 is 1.15 bits per heavy atom. The number of nitrogens with zero attached hydrogens (tertiary/aromatic N) is 1. The van der Waals surface area contributed by atoms with E-state index in [0.717, 1.165) is 17.1 Å². The van der Waals surface area contributed by atoms with Gasteiger partial charge < -0.3 is 4.90 Å². The smallest absolute Gasteiger partial charge is 0.0540 e. The Morgan fingerprint density at radius 1 is 0.230 bits per heavy atom. The zero-order valence-corrected chi connectivity index (χ0v) is 42.8. The van der Waals surface area contributed by atoms with Gasteiger partial charge in [0.2, 0.25) is 0 Å². The topological polar surface area (TPSA) is 3.24 Å². The van der Waals surface area contributed by atoms with Gasteiger partial charge in [-0.1, -0.05) is 217 Å². The van der Waals surface area contributed by atoms with Crippen molar-refractivity contribution in [1.29, 1.82) is 0 Å².